The van der Waals surface area contributed by atoms with Crippen molar-refractivity contribution in [1.29, 1.82) is 0 Å². The van der Waals surface area contributed by atoms with Crippen LogP contribution in [-0.4, -0.2) is 18.2 Å². The van der Waals surface area contributed by atoms with Gasteiger partial charge in [-0.1, -0.05) is 26.0 Å². The fraction of sp³-hybridized carbons (Fsp3) is 0.538. The summed E-state index contributed by atoms with van der Waals surface area (Å²) in [6.07, 6.45) is 2.14. The van der Waals surface area contributed by atoms with Crippen molar-refractivity contribution in [2.45, 2.75) is 32.7 Å². The zero-order valence-electron chi connectivity index (χ0n) is 9.83. The normalized spacial score (nSPS) is 14.9. The maximum Gasteiger partial charge on any atom is 0.115 e. The largest absolute Gasteiger partial charge is 0.508 e. The summed E-state index contributed by atoms with van der Waals surface area (Å²) in [7, 11) is 2.01. The molecule has 84 valence electrons. The number of hydrogen-bond acceptors (Lipinski definition) is 2. The zero-order chi connectivity index (χ0) is 11.3. The Kier molecular flexibility index (Phi) is 4.63. The lowest BCUT2D eigenvalue weighted by Gasteiger charge is -2.22. The van der Waals surface area contributed by atoms with Gasteiger partial charge in [-0.15, -0.1) is 0 Å². The van der Waals surface area contributed by atoms with E-state index >= 15 is 0 Å². The molecule has 2 N–H and O–H groups in total. The molecule has 1 aromatic carbocycles. The van der Waals surface area contributed by atoms with E-state index in [4.69, 9.17) is 0 Å². The Morgan fingerprint density at radius 3 is 2.67 bits per heavy atom. The third-order valence-electron chi connectivity index (χ3n) is 2.97. The number of nitrogens with one attached hydrogen (secondary N) is 1. The van der Waals surface area contributed by atoms with Gasteiger partial charge in [-0.05, 0) is 43.5 Å². The van der Waals surface area contributed by atoms with Gasteiger partial charge in [0.2, 0.25) is 0 Å². The number of aromatic hydroxyl groups is 1. The molecule has 0 heterocycles. The van der Waals surface area contributed by atoms with Crippen molar-refractivity contribution in [1.82, 2.24) is 5.32 Å². The van der Waals surface area contributed by atoms with Crippen LogP contribution in [0.5, 0.6) is 5.75 Å². The van der Waals surface area contributed by atoms with Crippen LogP contribution in [0.4, 0.5) is 0 Å². The van der Waals surface area contributed by atoms with Crippen LogP contribution in [0.2, 0.25) is 0 Å². The fourth-order valence-corrected chi connectivity index (χ4v) is 2.09. The van der Waals surface area contributed by atoms with E-state index < -0.39 is 0 Å². The second-order valence-electron chi connectivity index (χ2n) is 4.15. The molecular weight excluding hydrogens is 186 g/mol. The average molecular weight is 207 g/mol. The molecule has 0 spiro atoms. The van der Waals surface area contributed by atoms with Crippen molar-refractivity contribution >= 4 is 0 Å². The SMILES string of the molecule is CCC(NC)C(C)Cc1cccc(O)c1. The van der Waals surface area contributed by atoms with Crippen molar-refractivity contribution in [3.05, 3.63) is 29.8 Å². The van der Waals surface area contributed by atoms with Crippen LogP contribution in [0.1, 0.15) is 25.8 Å². The first-order valence-electron chi connectivity index (χ1n) is 5.62. The molecule has 0 aromatic heterocycles. The topological polar surface area (TPSA) is 32.3 Å². The first-order valence-corrected chi connectivity index (χ1v) is 5.62. The highest BCUT2D eigenvalue weighted by molar-refractivity contribution is 5.27. The first-order chi connectivity index (χ1) is 7.17. The van der Waals surface area contributed by atoms with E-state index in [0.29, 0.717) is 17.7 Å². The number of benzene rings is 1. The summed E-state index contributed by atoms with van der Waals surface area (Å²) in [4.78, 5) is 0. The standard InChI is InChI=1S/C13H21NO/c1-4-13(14-3)10(2)8-11-6-5-7-12(15)9-11/h5-7,9-10,13-15H,4,8H2,1-3H3. The summed E-state index contributed by atoms with van der Waals surface area (Å²) in [6.45, 7) is 4.44. The zero-order valence-corrected chi connectivity index (χ0v) is 9.83. The van der Waals surface area contributed by atoms with Gasteiger partial charge >= 0.3 is 0 Å². The second kappa shape index (κ2) is 5.76. The van der Waals surface area contributed by atoms with Gasteiger partial charge in [0.15, 0.2) is 0 Å². The van der Waals surface area contributed by atoms with Gasteiger partial charge in [-0.2, -0.15) is 0 Å². The van der Waals surface area contributed by atoms with Gasteiger partial charge in [-0.25, -0.2) is 0 Å². The Morgan fingerprint density at radius 2 is 2.13 bits per heavy atom. The molecule has 2 nitrogen and oxygen atoms in total. The molecule has 0 aliphatic carbocycles. The second-order valence-corrected chi connectivity index (χ2v) is 4.15. The molecule has 0 radical (unpaired) electrons. The van der Waals surface area contributed by atoms with Gasteiger partial charge < -0.3 is 10.4 Å². The first kappa shape index (κ1) is 12.1. The lowest BCUT2D eigenvalue weighted by atomic mass is 9.92. The van der Waals surface area contributed by atoms with Gasteiger partial charge in [-0.3, -0.25) is 0 Å². The summed E-state index contributed by atoms with van der Waals surface area (Å²) in [5, 5.41) is 12.7. The Labute approximate surface area is 92.3 Å². The smallest absolute Gasteiger partial charge is 0.115 e. The van der Waals surface area contributed by atoms with Crippen LogP contribution in [0.15, 0.2) is 24.3 Å². The molecule has 0 saturated carbocycles. The van der Waals surface area contributed by atoms with Crippen LogP contribution in [0.25, 0.3) is 0 Å². The van der Waals surface area contributed by atoms with Crippen LogP contribution >= 0.6 is 0 Å². The molecule has 0 fully saturated rings. The number of rotatable bonds is 5. The van der Waals surface area contributed by atoms with E-state index in [9.17, 15) is 5.11 Å². The van der Waals surface area contributed by atoms with Crippen molar-refractivity contribution in [2.24, 2.45) is 5.92 Å². The monoisotopic (exact) mass is 207 g/mol. The van der Waals surface area contributed by atoms with Gasteiger partial charge in [0, 0.05) is 6.04 Å². The van der Waals surface area contributed by atoms with E-state index in [1.54, 1.807) is 6.07 Å². The van der Waals surface area contributed by atoms with Crippen LogP contribution in [0.3, 0.4) is 0 Å². The van der Waals surface area contributed by atoms with Crippen molar-refractivity contribution in [2.75, 3.05) is 7.05 Å². The minimum absolute atomic E-state index is 0.359. The van der Waals surface area contributed by atoms with Crippen LogP contribution < -0.4 is 5.32 Å². The number of hydrogen-bond donors (Lipinski definition) is 2. The summed E-state index contributed by atoms with van der Waals surface area (Å²) in [5.41, 5.74) is 1.20. The van der Waals surface area contributed by atoms with Gasteiger partial charge in [0.1, 0.15) is 5.75 Å². The summed E-state index contributed by atoms with van der Waals surface area (Å²) < 4.78 is 0. The van der Waals surface area contributed by atoms with Crippen LogP contribution in [-0.2, 0) is 6.42 Å². The lowest BCUT2D eigenvalue weighted by molar-refractivity contribution is 0.386. The summed E-state index contributed by atoms with van der Waals surface area (Å²) in [6, 6.07) is 8.07. The Balaban J connectivity index is 2.61. The number of phenols is 1. The molecule has 1 rings (SSSR count). The van der Waals surface area contributed by atoms with E-state index in [1.807, 2.05) is 19.2 Å². The molecule has 0 bridgehead atoms. The van der Waals surface area contributed by atoms with E-state index in [0.717, 1.165) is 12.8 Å². The van der Waals surface area contributed by atoms with E-state index in [1.165, 1.54) is 5.56 Å². The summed E-state index contributed by atoms with van der Waals surface area (Å²) in [5.74, 6) is 0.944. The minimum Gasteiger partial charge on any atom is -0.508 e. The van der Waals surface area contributed by atoms with E-state index in [2.05, 4.69) is 25.2 Å². The maximum absolute atomic E-state index is 9.36. The Hall–Kier alpha value is -1.02. The molecule has 0 aliphatic rings. The molecule has 2 unspecified atom stereocenters. The molecule has 0 saturated heterocycles. The molecule has 0 aliphatic heterocycles. The Bertz CT molecular complexity index is 294. The maximum atomic E-state index is 9.36. The third kappa shape index (κ3) is 3.56. The highest BCUT2D eigenvalue weighted by Gasteiger charge is 2.13. The highest BCUT2D eigenvalue weighted by atomic mass is 16.3. The summed E-state index contributed by atoms with van der Waals surface area (Å²) >= 11 is 0. The van der Waals surface area contributed by atoms with Crippen molar-refractivity contribution in [3.63, 3.8) is 0 Å². The molecular formula is C13H21NO. The number of phenolic OH excluding ortho intramolecular Hbond substituents is 1. The fourth-order valence-electron chi connectivity index (χ4n) is 2.09. The van der Waals surface area contributed by atoms with Gasteiger partial charge in [0.05, 0.1) is 0 Å². The predicted molar refractivity (Wildman–Crippen MR) is 64.1 cm³/mol. The average Bonchev–Trinajstić information content (AvgIpc) is 2.19. The van der Waals surface area contributed by atoms with E-state index in [-0.39, 0.29) is 0 Å². The highest BCUT2D eigenvalue weighted by Crippen LogP contribution is 2.17. The molecule has 2 atom stereocenters. The third-order valence-corrected chi connectivity index (χ3v) is 2.97. The molecule has 1 aromatic rings. The van der Waals surface area contributed by atoms with Crippen LogP contribution in [0, 0.1) is 5.92 Å². The molecule has 15 heavy (non-hydrogen) atoms. The Morgan fingerprint density at radius 1 is 1.40 bits per heavy atom. The van der Waals surface area contributed by atoms with Gasteiger partial charge in [0.25, 0.3) is 0 Å². The predicted octanol–water partition coefficient (Wildman–Crippen LogP) is 2.57. The molecule has 0 amide bonds. The molecule has 2 heteroatoms. The quantitative estimate of drug-likeness (QED) is 0.777. The minimum atomic E-state index is 0.359. The van der Waals surface area contributed by atoms with Crippen molar-refractivity contribution < 1.29 is 5.11 Å². The lowest BCUT2D eigenvalue weighted by Crippen LogP contribution is -2.32. The van der Waals surface area contributed by atoms with Crippen molar-refractivity contribution in [3.8, 4) is 5.75 Å².